The van der Waals surface area contributed by atoms with Crippen LogP contribution in [-0.4, -0.2) is 13.2 Å². The summed E-state index contributed by atoms with van der Waals surface area (Å²) in [5.41, 5.74) is 7.69. The van der Waals surface area contributed by atoms with Crippen LogP contribution in [0.4, 0.5) is 0 Å². The lowest BCUT2D eigenvalue weighted by molar-refractivity contribution is -0.114. The van der Waals surface area contributed by atoms with Gasteiger partial charge in [-0.1, -0.05) is 48.5 Å². The monoisotopic (exact) mass is 276 g/mol. The molecule has 0 aromatic heterocycles. The van der Waals surface area contributed by atoms with E-state index in [0.717, 1.165) is 18.4 Å². The van der Waals surface area contributed by atoms with Gasteiger partial charge in [-0.25, -0.2) is 0 Å². The van der Waals surface area contributed by atoms with Crippen molar-refractivity contribution < 1.29 is 9.47 Å². The Balaban J connectivity index is 1.92. The highest BCUT2D eigenvalue weighted by molar-refractivity contribution is 5.93. The van der Waals surface area contributed by atoms with Crippen molar-refractivity contribution in [2.75, 3.05) is 13.2 Å². The van der Waals surface area contributed by atoms with Gasteiger partial charge in [-0.15, -0.1) is 0 Å². The molecule has 0 amide bonds. The maximum atomic E-state index is 6.17. The van der Waals surface area contributed by atoms with Gasteiger partial charge in [0, 0.05) is 11.1 Å². The molecule has 2 heteroatoms. The molecule has 3 aliphatic rings. The van der Waals surface area contributed by atoms with E-state index in [4.69, 9.17) is 9.47 Å². The molecule has 0 radical (unpaired) electrons. The Kier molecular flexibility index (Phi) is 2.27. The number of hydrogen-bond acceptors (Lipinski definition) is 2. The Labute approximate surface area is 124 Å². The quantitative estimate of drug-likeness (QED) is 0.726. The zero-order valence-electron chi connectivity index (χ0n) is 11.8. The third-order valence-corrected chi connectivity index (χ3v) is 4.80. The molecule has 1 heterocycles. The Morgan fingerprint density at radius 2 is 1.67 bits per heavy atom. The molecule has 0 atom stereocenters. The molecule has 2 nitrogen and oxygen atoms in total. The first-order chi connectivity index (χ1) is 10.4. The maximum absolute atomic E-state index is 6.17. The molecular formula is C19H16O2. The van der Waals surface area contributed by atoms with Gasteiger partial charge in [0.1, 0.15) is 0 Å². The zero-order chi connectivity index (χ0) is 13.9. The fraction of sp³-hybridized carbons (Fsp3) is 0.263. The van der Waals surface area contributed by atoms with Crippen LogP contribution in [0.15, 0.2) is 48.5 Å². The fourth-order valence-corrected chi connectivity index (χ4v) is 4.00. The number of ether oxygens (including phenoxy) is 2. The number of hydrogen-bond donors (Lipinski definition) is 0. The molecule has 104 valence electrons. The zero-order valence-corrected chi connectivity index (χ0v) is 11.8. The fourth-order valence-electron chi connectivity index (χ4n) is 4.00. The van der Waals surface area contributed by atoms with E-state index in [0.29, 0.717) is 13.2 Å². The minimum atomic E-state index is -0.680. The molecule has 1 spiro atoms. The highest BCUT2D eigenvalue weighted by Gasteiger charge is 2.48. The summed E-state index contributed by atoms with van der Waals surface area (Å²) in [6, 6.07) is 15.1. The highest BCUT2D eigenvalue weighted by atomic mass is 16.7. The number of allylic oxidation sites excluding steroid dienone is 1. The smallest absolute Gasteiger partial charge is 0.223 e. The van der Waals surface area contributed by atoms with E-state index in [1.807, 2.05) is 0 Å². The van der Waals surface area contributed by atoms with Crippen molar-refractivity contribution in [3.05, 3.63) is 65.2 Å². The van der Waals surface area contributed by atoms with E-state index in [2.05, 4.69) is 48.5 Å². The first kappa shape index (κ1) is 11.7. The van der Waals surface area contributed by atoms with Gasteiger partial charge in [-0.3, -0.25) is 0 Å². The van der Waals surface area contributed by atoms with Crippen molar-refractivity contribution in [2.45, 2.75) is 18.6 Å². The number of rotatable bonds is 0. The van der Waals surface area contributed by atoms with Crippen LogP contribution in [0.5, 0.6) is 0 Å². The van der Waals surface area contributed by atoms with Crippen molar-refractivity contribution >= 4 is 5.57 Å². The summed E-state index contributed by atoms with van der Waals surface area (Å²) in [6.45, 7) is 1.31. The summed E-state index contributed by atoms with van der Waals surface area (Å²) in [5.74, 6) is -0.680. The van der Waals surface area contributed by atoms with Crippen LogP contribution in [0.3, 0.4) is 0 Å². The Morgan fingerprint density at radius 1 is 0.857 bits per heavy atom. The normalized spacial score (nSPS) is 20.9. The summed E-state index contributed by atoms with van der Waals surface area (Å²) < 4.78 is 12.3. The second kappa shape index (κ2) is 4.06. The van der Waals surface area contributed by atoms with E-state index in [1.165, 1.54) is 27.8 Å². The molecule has 0 saturated carbocycles. The maximum Gasteiger partial charge on any atom is 0.223 e. The van der Waals surface area contributed by atoms with Crippen LogP contribution < -0.4 is 0 Å². The molecule has 2 aromatic carbocycles. The van der Waals surface area contributed by atoms with Crippen molar-refractivity contribution in [3.8, 4) is 11.1 Å². The number of fused-ring (bicyclic) bond motifs is 4. The summed E-state index contributed by atoms with van der Waals surface area (Å²) in [7, 11) is 0. The molecule has 0 bridgehead atoms. The Bertz CT molecular complexity index is 767. The number of benzene rings is 2. The van der Waals surface area contributed by atoms with E-state index in [9.17, 15) is 0 Å². The molecule has 0 N–H and O–H groups in total. The molecule has 1 fully saturated rings. The summed E-state index contributed by atoms with van der Waals surface area (Å²) in [4.78, 5) is 0. The second-order valence-corrected chi connectivity index (χ2v) is 5.86. The van der Waals surface area contributed by atoms with Crippen LogP contribution in [0.25, 0.3) is 16.7 Å². The summed E-state index contributed by atoms with van der Waals surface area (Å²) in [6.07, 6.45) is 4.47. The van der Waals surface area contributed by atoms with Gasteiger partial charge in [0.2, 0.25) is 5.79 Å². The van der Waals surface area contributed by atoms with Gasteiger partial charge in [0.15, 0.2) is 0 Å². The predicted molar refractivity (Wildman–Crippen MR) is 81.8 cm³/mol. The summed E-state index contributed by atoms with van der Waals surface area (Å²) in [5, 5.41) is 0. The lowest BCUT2D eigenvalue weighted by Crippen LogP contribution is -2.34. The van der Waals surface area contributed by atoms with E-state index >= 15 is 0 Å². The molecule has 2 aromatic rings. The highest BCUT2D eigenvalue weighted by Crippen LogP contribution is 2.55. The molecule has 1 saturated heterocycles. The SMILES string of the molecule is C1=C2c3c(cccc3-c3ccccc3C23OCCO3)CC1. The summed E-state index contributed by atoms with van der Waals surface area (Å²) >= 11 is 0. The van der Waals surface area contributed by atoms with E-state index in [1.54, 1.807) is 0 Å². The third kappa shape index (κ3) is 1.39. The van der Waals surface area contributed by atoms with Crippen molar-refractivity contribution in [1.29, 1.82) is 0 Å². The predicted octanol–water partition coefficient (Wildman–Crippen LogP) is 3.90. The van der Waals surface area contributed by atoms with Crippen LogP contribution in [0.1, 0.15) is 23.1 Å². The van der Waals surface area contributed by atoms with Gasteiger partial charge in [-0.2, -0.15) is 0 Å². The third-order valence-electron chi connectivity index (χ3n) is 4.80. The average molecular weight is 276 g/mol. The Morgan fingerprint density at radius 3 is 2.57 bits per heavy atom. The van der Waals surface area contributed by atoms with Crippen molar-refractivity contribution in [2.24, 2.45) is 0 Å². The van der Waals surface area contributed by atoms with Crippen molar-refractivity contribution in [1.82, 2.24) is 0 Å². The second-order valence-electron chi connectivity index (χ2n) is 5.86. The van der Waals surface area contributed by atoms with Gasteiger partial charge in [0.05, 0.1) is 13.2 Å². The first-order valence-electron chi connectivity index (χ1n) is 7.61. The molecule has 5 rings (SSSR count). The van der Waals surface area contributed by atoms with Crippen LogP contribution in [0, 0.1) is 0 Å². The molecule has 0 unspecified atom stereocenters. The standard InChI is InChI=1S/C19H16O2/c1-2-9-16-14(7-1)15-8-3-5-13-6-4-10-17(18(13)15)19(16)20-11-12-21-19/h1-3,5,7-10H,4,6,11-12H2. The Hall–Kier alpha value is -1.90. The average Bonchev–Trinajstić information content (AvgIpc) is 3.03. The largest absolute Gasteiger partial charge is 0.340 e. The van der Waals surface area contributed by atoms with Gasteiger partial charge < -0.3 is 9.47 Å². The van der Waals surface area contributed by atoms with Gasteiger partial charge >= 0.3 is 0 Å². The molecular weight excluding hydrogens is 260 g/mol. The molecule has 1 aliphatic heterocycles. The van der Waals surface area contributed by atoms with Crippen molar-refractivity contribution in [3.63, 3.8) is 0 Å². The van der Waals surface area contributed by atoms with E-state index in [-0.39, 0.29) is 0 Å². The van der Waals surface area contributed by atoms with Gasteiger partial charge in [-0.05, 0) is 35.1 Å². The van der Waals surface area contributed by atoms with Crippen LogP contribution >= 0.6 is 0 Å². The lowest BCUT2D eigenvalue weighted by Gasteiger charge is -2.39. The van der Waals surface area contributed by atoms with Crippen LogP contribution in [-0.2, 0) is 21.7 Å². The van der Waals surface area contributed by atoms with E-state index < -0.39 is 5.79 Å². The molecule has 21 heavy (non-hydrogen) atoms. The lowest BCUT2D eigenvalue weighted by atomic mass is 9.73. The first-order valence-corrected chi connectivity index (χ1v) is 7.61. The molecule has 2 aliphatic carbocycles. The minimum absolute atomic E-state index is 0.656. The van der Waals surface area contributed by atoms with Gasteiger partial charge in [0.25, 0.3) is 0 Å². The minimum Gasteiger partial charge on any atom is -0.340 e. The van der Waals surface area contributed by atoms with Crippen LogP contribution in [0.2, 0.25) is 0 Å². The topological polar surface area (TPSA) is 18.5 Å². The number of aryl methyl sites for hydroxylation is 1.